The molecule has 0 fully saturated rings. The molecular formula is C13H17BrO6. The van der Waals surface area contributed by atoms with Crippen molar-refractivity contribution in [2.24, 2.45) is 0 Å². The summed E-state index contributed by atoms with van der Waals surface area (Å²) < 4.78 is 16.1. The number of aliphatic hydroxyl groups excluding tert-OH is 1. The van der Waals surface area contributed by atoms with E-state index in [-0.39, 0.29) is 18.8 Å². The summed E-state index contributed by atoms with van der Waals surface area (Å²) in [5, 5.41) is 18.6. The van der Waals surface area contributed by atoms with Gasteiger partial charge < -0.3 is 24.4 Å². The molecule has 1 aromatic rings. The Balaban J connectivity index is 2.95. The van der Waals surface area contributed by atoms with Crippen LogP contribution < -0.4 is 9.47 Å². The van der Waals surface area contributed by atoms with Crippen molar-refractivity contribution in [2.75, 3.05) is 26.9 Å². The number of aromatic carboxylic acids is 1. The van der Waals surface area contributed by atoms with Crippen molar-refractivity contribution in [3.8, 4) is 11.5 Å². The van der Waals surface area contributed by atoms with E-state index in [0.717, 1.165) is 0 Å². The number of hydrogen-bond donors (Lipinski definition) is 2. The lowest BCUT2D eigenvalue weighted by molar-refractivity contribution is 0.0315. The van der Waals surface area contributed by atoms with Crippen LogP contribution in [-0.4, -0.2) is 49.2 Å². The molecular weight excluding hydrogens is 332 g/mol. The van der Waals surface area contributed by atoms with Crippen molar-refractivity contribution in [2.45, 2.75) is 13.0 Å². The van der Waals surface area contributed by atoms with E-state index in [0.29, 0.717) is 22.6 Å². The summed E-state index contributed by atoms with van der Waals surface area (Å²) in [6.07, 6.45) is -0.777. The number of benzene rings is 1. The van der Waals surface area contributed by atoms with Gasteiger partial charge in [-0.2, -0.15) is 0 Å². The smallest absolute Gasteiger partial charge is 0.335 e. The van der Waals surface area contributed by atoms with Crippen molar-refractivity contribution in [1.29, 1.82) is 0 Å². The first-order valence-corrected chi connectivity index (χ1v) is 6.78. The van der Waals surface area contributed by atoms with E-state index in [1.807, 2.05) is 0 Å². The van der Waals surface area contributed by atoms with Gasteiger partial charge in [-0.3, -0.25) is 0 Å². The zero-order valence-corrected chi connectivity index (χ0v) is 12.8. The van der Waals surface area contributed by atoms with E-state index in [4.69, 9.17) is 19.3 Å². The number of carbonyl (C=O) groups is 1. The lowest BCUT2D eigenvalue weighted by atomic mass is 10.2. The second kappa shape index (κ2) is 8.08. The Morgan fingerprint density at radius 2 is 2.05 bits per heavy atom. The molecule has 1 aromatic carbocycles. The minimum atomic E-state index is -1.06. The second-order valence-corrected chi connectivity index (χ2v) is 4.80. The van der Waals surface area contributed by atoms with E-state index in [2.05, 4.69) is 15.9 Å². The van der Waals surface area contributed by atoms with Gasteiger partial charge in [0.15, 0.2) is 11.5 Å². The molecule has 0 radical (unpaired) electrons. The molecule has 0 aliphatic carbocycles. The van der Waals surface area contributed by atoms with Crippen LogP contribution in [0.2, 0.25) is 0 Å². The number of carboxylic acids is 1. The van der Waals surface area contributed by atoms with Crippen molar-refractivity contribution in [3.05, 3.63) is 22.2 Å². The SMILES string of the molecule is CCOc1cc(C(=O)O)cc(Br)c1OCC(O)COC. The molecule has 6 nitrogen and oxygen atoms in total. The fraction of sp³-hybridized carbons (Fsp3) is 0.462. The molecule has 1 atom stereocenters. The van der Waals surface area contributed by atoms with Crippen LogP contribution in [0.15, 0.2) is 16.6 Å². The number of halogens is 1. The number of ether oxygens (including phenoxy) is 3. The Bertz CT molecular complexity index is 462. The number of hydrogen-bond acceptors (Lipinski definition) is 5. The fourth-order valence-corrected chi connectivity index (χ4v) is 2.07. The summed E-state index contributed by atoms with van der Waals surface area (Å²) in [6.45, 7) is 2.31. The standard InChI is InChI=1S/C13H17BrO6/c1-3-19-11-5-8(13(16)17)4-10(14)12(11)20-7-9(15)6-18-2/h4-5,9,15H,3,6-7H2,1-2H3,(H,16,17). The third-order valence-electron chi connectivity index (χ3n) is 2.34. The van der Waals surface area contributed by atoms with Crippen LogP contribution in [-0.2, 0) is 4.74 Å². The van der Waals surface area contributed by atoms with Gasteiger partial charge in [-0.15, -0.1) is 0 Å². The highest BCUT2D eigenvalue weighted by Gasteiger charge is 2.16. The lowest BCUT2D eigenvalue weighted by Crippen LogP contribution is -2.23. The van der Waals surface area contributed by atoms with Gasteiger partial charge in [-0.1, -0.05) is 0 Å². The highest BCUT2D eigenvalue weighted by molar-refractivity contribution is 9.10. The first-order chi connectivity index (χ1) is 9.49. The highest BCUT2D eigenvalue weighted by Crippen LogP contribution is 2.37. The zero-order valence-electron chi connectivity index (χ0n) is 11.3. The number of carboxylic acid groups (broad SMARTS) is 1. The van der Waals surface area contributed by atoms with E-state index >= 15 is 0 Å². The molecule has 0 saturated heterocycles. The minimum Gasteiger partial charge on any atom is -0.490 e. The van der Waals surface area contributed by atoms with Crippen LogP contribution >= 0.6 is 15.9 Å². The van der Waals surface area contributed by atoms with Crippen LogP contribution in [0.4, 0.5) is 0 Å². The molecule has 1 unspecified atom stereocenters. The normalized spacial score (nSPS) is 12.0. The first-order valence-electron chi connectivity index (χ1n) is 5.99. The largest absolute Gasteiger partial charge is 0.490 e. The molecule has 0 aliphatic rings. The fourth-order valence-electron chi connectivity index (χ4n) is 1.51. The van der Waals surface area contributed by atoms with Crippen molar-refractivity contribution in [3.63, 3.8) is 0 Å². The molecule has 0 aromatic heterocycles. The summed E-state index contributed by atoms with van der Waals surface area (Å²) >= 11 is 3.24. The van der Waals surface area contributed by atoms with Gasteiger partial charge >= 0.3 is 5.97 Å². The van der Waals surface area contributed by atoms with Gasteiger partial charge in [0.25, 0.3) is 0 Å². The molecule has 1 rings (SSSR count). The van der Waals surface area contributed by atoms with Crippen LogP contribution in [0, 0.1) is 0 Å². The van der Waals surface area contributed by atoms with Crippen molar-refractivity contribution >= 4 is 21.9 Å². The Labute approximate surface area is 125 Å². The predicted octanol–water partition coefficient (Wildman–Crippen LogP) is 1.93. The molecule has 112 valence electrons. The molecule has 7 heteroatoms. The van der Waals surface area contributed by atoms with Crippen molar-refractivity contribution in [1.82, 2.24) is 0 Å². The van der Waals surface area contributed by atoms with Gasteiger partial charge in [0.2, 0.25) is 0 Å². The Kier molecular flexibility index (Phi) is 6.77. The zero-order chi connectivity index (χ0) is 15.1. The Morgan fingerprint density at radius 3 is 2.60 bits per heavy atom. The maximum atomic E-state index is 11.0. The number of aliphatic hydroxyl groups is 1. The molecule has 0 saturated carbocycles. The van der Waals surface area contributed by atoms with Crippen LogP contribution in [0.1, 0.15) is 17.3 Å². The van der Waals surface area contributed by atoms with Crippen LogP contribution in [0.5, 0.6) is 11.5 Å². The van der Waals surface area contributed by atoms with Crippen LogP contribution in [0.25, 0.3) is 0 Å². The molecule has 20 heavy (non-hydrogen) atoms. The van der Waals surface area contributed by atoms with Crippen LogP contribution in [0.3, 0.4) is 0 Å². The van der Waals surface area contributed by atoms with Gasteiger partial charge in [-0.05, 0) is 35.0 Å². The van der Waals surface area contributed by atoms with E-state index in [1.54, 1.807) is 6.92 Å². The maximum absolute atomic E-state index is 11.0. The summed E-state index contributed by atoms with van der Waals surface area (Å²) in [4.78, 5) is 11.0. The number of rotatable bonds is 8. The number of methoxy groups -OCH3 is 1. The van der Waals surface area contributed by atoms with Gasteiger partial charge in [0.1, 0.15) is 12.7 Å². The quantitative estimate of drug-likeness (QED) is 0.746. The van der Waals surface area contributed by atoms with Gasteiger partial charge in [0, 0.05) is 7.11 Å². The van der Waals surface area contributed by atoms with Crippen molar-refractivity contribution < 1.29 is 29.2 Å². The average molecular weight is 349 g/mol. The Hall–Kier alpha value is -1.31. The van der Waals surface area contributed by atoms with E-state index in [1.165, 1.54) is 19.2 Å². The minimum absolute atomic E-state index is 0.0128. The molecule has 0 amide bonds. The summed E-state index contributed by atoms with van der Waals surface area (Å²) in [6, 6.07) is 2.80. The van der Waals surface area contributed by atoms with E-state index in [9.17, 15) is 9.90 Å². The maximum Gasteiger partial charge on any atom is 0.335 e. The summed E-state index contributed by atoms with van der Waals surface area (Å²) in [7, 11) is 1.48. The third kappa shape index (κ3) is 4.66. The predicted molar refractivity (Wildman–Crippen MR) is 75.6 cm³/mol. The molecule has 2 N–H and O–H groups in total. The highest BCUT2D eigenvalue weighted by atomic mass is 79.9. The topological polar surface area (TPSA) is 85.2 Å². The second-order valence-electron chi connectivity index (χ2n) is 3.94. The molecule has 0 bridgehead atoms. The molecule has 0 heterocycles. The first kappa shape index (κ1) is 16.7. The molecule has 0 aliphatic heterocycles. The van der Waals surface area contributed by atoms with Gasteiger partial charge in [0.05, 0.1) is 23.2 Å². The average Bonchev–Trinajstić information content (AvgIpc) is 2.38. The van der Waals surface area contributed by atoms with Gasteiger partial charge in [-0.25, -0.2) is 4.79 Å². The molecule has 0 spiro atoms. The summed E-state index contributed by atoms with van der Waals surface area (Å²) in [5.41, 5.74) is 0.0881. The lowest BCUT2D eigenvalue weighted by Gasteiger charge is -2.16. The summed E-state index contributed by atoms with van der Waals surface area (Å²) in [5.74, 6) is -0.395. The third-order valence-corrected chi connectivity index (χ3v) is 2.92. The monoisotopic (exact) mass is 348 g/mol. The van der Waals surface area contributed by atoms with E-state index < -0.39 is 12.1 Å². The Morgan fingerprint density at radius 1 is 1.35 bits per heavy atom.